The lowest BCUT2D eigenvalue weighted by Crippen LogP contribution is -2.07. The maximum absolute atomic E-state index is 5.66. The third-order valence-corrected chi connectivity index (χ3v) is 2.41. The van der Waals surface area contributed by atoms with Crippen molar-refractivity contribution in [3.8, 4) is 0 Å². The second-order valence-corrected chi connectivity index (χ2v) is 3.54. The Morgan fingerprint density at radius 3 is 2.00 bits per heavy atom. The zero-order chi connectivity index (χ0) is 11.2. The van der Waals surface area contributed by atoms with E-state index in [1.165, 1.54) is 0 Å². The highest BCUT2D eigenvalue weighted by molar-refractivity contribution is 6.59. The highest BCUT2D eigenvalue weighted by Crippen LogP contribution is 2.15. The zero-order valence-corrected chi connectivity index (χ0v) is 9.01. The van der Waals surface area contributed by atoms with Crippen molar-refractivity contribution in [1.29, 1.82) is 0 Å². The molecule has 77 valence electrons. The van der Waals surface area contributed by atoms with Gasteiger partial charge in [-0.15, -0.1) is 0 Å². The second kappa shape index (κ2) is 5.33. The van der Waals surface area contributed by atoms with Gasteiger partial charge >= 0.3 is 0 Å². The summed E-state index contributed by atoms with van der Waals surface area (Å²) in [6.45, 7) is 0. The van der Waals surface area contributed by atoms with E-state index in [2.05, 4.69) is 30.3 Å². The first-order chi connectivity index (χ1) is 7.90. The van der Waals surface area contributed by atoms with Crippen LogP contribution in [0.25, 0.3) is 11.5 Å². The molecule has 2 rings (SSSR count). The van der Waals surface area contributed by atoms with Gasteiger partial charge in [-0.05, 0) is 11.1 Å². The van der Waals surface area contributed by atoms with Crippen molar-refractivity contribution in [1.82, 2.24) is 0 Å². The van der Waals surface area contributed by atoms with Crippen molar-refractivity contribution in [2.24, 2.45) is 5.64 Å². The Morgan fingerprint density at radius 2 is 1.44 bits per heavy atom. The van der Waals surface area contributed by atoms with E-state index in [1.807, 2.05) is 36.4 Å². The number of rotatable bonds is 3. The molecular weight excluding hydrogens is 193 g/mol. The molecule has 2 heteroatoms. The first kappa shape index (κ1) is 10.7. The van der Waals surface area contributed by atoms with Crippen molar-refractivity contribution >= 4 is 19.0 Å². The van der Waals surface area contributed by atoms with E-state index in [-0.39, 0.29) is 0 Å². The molecular formula is C14H13BN. The van der Waals surface area contributed by atoms with E-state index in [0.29, 0.717) is 0 Å². The van der Waals surface area contributed by atoms with Gasteiger partial charge in [0.05, 0.1) is 0 Å². The van der Waals surface area contributed by atoms with Crippen LogP contribution in [0.4, 0.5) is 0 Å². The van der Waals surface area contributed by atoms with E-state index in [9.17, 15) is 0 Å². The molecule has 0 unspecified atom stereocenters. The molecule has 1 radical (unpaired) electrons. The minimum absolute atomic E-state index is 1.03. The molecule has 0 heterocycles. The van der Waals surface area contributed by atoms with Crippen LogP contribution in [0.1, 0.15) is 11.1 Å². The van der Waals surface area contributed by atoms with Crippen LogP contribution in [-0.2, 0) is 0 Å². The molecule has 0 saturated carbocycles. The molecule has 0 aliphatic heterocycles. The summed E-state index contributed by atoms with van der Waals surface area (Å²) >= 11 is 0. The third-order valence-electron chi connectivity index (χ3n) is 2.41. The summed E-state index contributed by atoms with van der Waals surface area (Å²) < 4.78 is 0. The highest BCUT2D eigenvalue weighted by atomic mass is 14.4. The second-order valence-electron chi connectivity index (χ2n) is 3.54. The smallest absolute Gasteiger partial charge is 0.242 e. The van der Waals surface area contributed by atoms with Crippen LogP contribution in [0.2, 0.25) is 0 Å². The lowest BCUT2D eigenvalue weighted by Gasteiger charge is -2.03. The summed E-state index contributed by atoms with van der Waals surface area (Å²) in [4.78, 5) is 0. The van der Waals surface area contributed by atoms with Crippen LogP contribution in [0.15, 0.2) is 60.7 Å². The molecule has 0 aliphatic carbocycles. The fraction of sp³-hybridized carbons (Fsp3) is 0. The number of benzene rings is 2. The van der Waals surface area contributed by atoms with Gasteiger partial charge in [0.15, 0.2) is 0 Å². The first-order valence-corrected chi connectivity index (χ1v) is 5.27. The third kappa shape index (κ3) is 2.62. The Kier molecular flexibility index (Phi) is 3.57. The summed E-state index contributed by atoms with van der Waals surface area (Å²) in [5, 5.41) is 0. The van der Waals surface area contributed by atoms with Crippen LogP contribution in [0, 0.1) is 0 Å². The molecule has 1 nitrogen and oxygen atoms in total. The monoisotopic (exact) mass is 206 g/mol. The molecule has 0 amide bonds. The molecule has 0 saturated heterocycles. The lowest BCUT2D eigenvalue weighted by molar-refractivity contribution is 1.63. The number of hydrogen-bond donors (Lipinski definition) is 1. The molecule has 2 aromatic rings. The van der Waals surface area contributed by atoms with E-state index in [1.54, 1.807) is 7.41 Å². The van der Waals surface area contributed by atoms with Gasteiger partial charge in [-0.25, -0.2) is 0 Å². The van der Waals surface area contributed by atoms with Gasteiger partial charge in [0.25, 0.3) is 0 Å². The number of nitrogens with two attached hydrogens (primary N) is 1. The Hall–Kier alpha value is -1.80. The fourth-order valence-corrected chi connectivity index (χ4v) is 1.59. The predicted octanol–water partition coefficient (Wildman–Crippen LogP) is 2.76. The number of hydrogen-bond acceptors (Lipinski definition) is 1. The molecule has 0 spiro atoms. The van der Waals surface area contributed by atoms with E-state index in [4.69, 9.17) is 5.64 Å². The van der Waals surface area contributed by atoms with Crippen LogP contribution >= 0.6 is 0 Å². The highest BCUT2D eigenvalue weighted by Gasteiger charge is 1.99. The predicted molar refractivity (Wildman–Crippen MR) is 70.7 cm³/mol. The molecule has 0 aliphatic rings. The minimum Gasteiger partial charge on any atom is -0.370 e. The van der Waals surface area contributed by atoms with E-state index in [0.717, 1.165) is 16.6 Å². The van der Waals surface area contributed by atoms with Gasteiger partial charge in [-0.3, -0.25) is 0 Å². The van der Waals surface area contributed by atoms with Crippen molar-refractivity contribution < 1.29 is 0 Å². The van der Waals surface area contributed by atoms with Crippen LogP contribution < -0.4 is 5.64 Å². The average molecular weight is 206 g/mol. The van der Waals surface area contributed by atoms with Gasteiger partial charge in [0.2, 0.25) is 7.41 Å². The maximum atomic E-state index is 5.66. The van der Waals surface area contributed by atoms with Crippen molar-refractivity contribution in [3.05, 3.63) is 71.8 Å². The first-order valence-electron chi connectivity index (χ1n) is 5.27. The largest absolute Gasteiger partial charge is 0.370 e. The van der Waals surface area contributed by atoms with Gasteiger partial charge in [0, 0.05) is 0 Å². The maximum Gasteiger partial charge on any atom is 0.242 e. The summed E-state index contributed by atoms with van der Waals surface area (Å²) in [5.74, 6) is 0. The molecule has 0 bridgehead atoms. The summed E-state index contributed by atoms with van der Waals surface area (Å²) in [5.41, 5.74) is 8.98. The summed E-state index contributed by atoms with van der Waals surface area (Å²) in [7, 11) is 1.64. The lowest BCUT2D eigenvalue weighted by atomic mass is 9.78. The minimum atomic E-state index is 1.03. The zero-order valence-electron chi connectivity index (χ0n) is 9.01. The molecule has 2 N–H and O–H groups in total. The van der Waals surface area contributed by atoms with Crippen molar-refractivity contribution in [2.45, 2.75) is 0 Å². The Morgan fingerprint density at radius 1 is 0.875 bits per heavy atom. The summed E-state index contributed by atoms with van der Waals surface area (Å²) in [6, 6.07) is 20.3. The van der Waals surface area contributed by atoms with Gasteiger partial charge < -0.3 is 5.64 Å². The SMILES string of the molecule is N[B]C(=Cc1ccccc1)c1ccccc1. The Labute approximate surface area is 96.9 Å². The Bertz CT molecular complexity index is 463. The van der Waals surface area contributed by atoms with Gasteiger partial charge in [-0.1, -0.05) is 72.2 Å². The quantitative estimate of drug-likeness (QED) is 0.606. The van der Waals surface area contributed by atoms with E-state index < -0.39 is 0 Å². The fourth-order valence-electron chi connectivity index (χ4n) is 1.59. The molecule has 2 aromatic carbocycles. The van der Waals surface area contributed by atoms with Gasteiger partial charge in [0.1, 0.15) is 0 Å². The molecule has 0 atom stereocenters. The van der Waals surface area contributed by atoms with Crippen LogP contribution in [-0.4, -0.2) is 7.41 Å². The molecule has 16 heavy (non-hydrogen) atoms. The van der Waals surface area contributed by atoms with Crippen molar-refractivity contribution in [3.63, 3.8) is 0 Å². The van der Waals surface area contributed by atoms with Crippen molar-refractivity contribution in [2.75, 3.05) is 0 Å². The standard InChI is InChI=1S/C14H13BN/c16-15-14(13-9-5-2-6-10-13)11-12-7-3-1-4-8-12/h1-11H,16H2. The molecule has 0 aromatic heterocycles. The van der Waals surface area contributed by atoms with Gasteiger partial charge in [-0.2, -0.15) is 0 Å². The Balaban J connectivity index is 2.34. The summed E-state index contributed by atoms with van der Waals surface area (Å²) in [6.07, 6.45) is 2.08. The topological polar surface area (TPSA) is 26.0 Å². The van der Waals surface area contributed by atoms with E-state index >= 15 is 0 Å². The normalized spacial score (nSPS) is 11.2. The van der Waals surface area contributed by atoms with Crippen LogP contribution in [0.3, 0.4) is 0 Å². The average Bonchev–Trinajstić information content (AvgIpc) is 2.38. The van der Waals surface area contributed by atoms with Crippen LogP contribution in [0.5, 0.6) is 0 Å². The molecule has 0 fully saturated rings.